The van der Waals surface area contributed by atoms with Gasteiger partial charge in [0.1, 0.15) is 0 Å². The van der Waals surface area contributed by atoms with Crippen molar-refractivity contribution in [1.29, 1.82) is 0 Å². The van der Waals surface area contributed by atoms with Crippen molar-refractivity contribution in [3.05, 3.63) is 0 Å². The summed E-state index contributed by atoms with van der Waals surface area (Å²) >= 11 is 0. The molecule has 0 spiro atoms. The van der Waals surface area contributed by atoms with Gasteiger partial charge >= 0.3 is 0 Å². The highest BCUT2D eigenvalue weighted by Crippen LogP contribution is 2.30. The van der Waals surface area contributed by atoms with Gasteiger partial charge in [0.15, 0.2) is 0 Å². The lowest BCUT2D eigenvalue weighted by Gasteiger charge is -2.29. The molecule has 1 saturated heterocycles. The number of nitrogens with zero attached hydrogens (tertiary/aromatic N) is 1. The summed E-state index contributed by atoms with van der Waals surface area (Å²) in [6.45, 7) is 2.82. The van der Waals surface area contributed by atoms with Gasteiger partial charge in [-0.25, -0.2) is 0 Å². The van der Waals surface area contributed by atoms with Crippen LogP contribution in [-0.4, -0.2) is 48.5 Å². The lowest BCUT2D eigenvalue weighted by atomic mass is 10.0. The fourth-order valence-electron chi connectivity index (χ4n) is 3.01. The van der Waals surface area contributed by atoms with E-state index in [-0.39, 0.29) is 0 Å². The van der Waals surface area contributed by atoms with E-state index in [1.54, 1.807) is 0 Å². The third kappa shape index (κ3) is 3.44. The molecule has 1 saturated carbocycles. The maximum absolute atomic E-state index is 10.3. The summed E-state index contributed by atoms with van der Waals surface area (Å²) in [5, 5.41) is 10.3. The molecular weight excluding hydrogens is 202 g/mol. The maximum atomic E-state index is 10.3. The van der Waals surface area contributed by atoms with Crippen molar-refractivity contribution in [2.24, 2.45) is 0 Å². The Morgan fingerprint density at radius 1 is 1.31 bits per heavy atom. The Morgan fingerprint density at radius 3 is 2.69 bits per heavy atom. The Balaban J connectivity index is 1.65. The minimum Gasteiger partial charge on any atom is -0.389 e. The van der Waals surface area contributed by atoms with Crippen LogP contribution in [0, 0.1) is 0 Å². The van der Waals surface area contributed by atoms with Crippen molar-refractivity contribution < 1.29 is 9.84 Å². The molecule has 1 aliphatic heterocycles. The summed E-state index contributed by atoms with van der Waals surface area (Å²) < 4.78 is 5.61. The molecule has 1 N–H and O–H groups in total. The summed E-state index contributed by atoms with van der Waals surface area (Å²) in [7, 11) is 2.12. The minimum absolute atomic E-state index is 0.398. The van der Waals surface area contributed by atoms with Crippen LogP contribution in [0.15, 0.2) is 0 Å². The highest BCUT2D eigenvalue weighted by Gasteiger charge is 2.32. The number of hydrogen-bond acceptors (Lipinski definition) is 3. The molecular formula is C13H25NO2. The highest BCUT2D eigenvalue weighted by molar-refractivity contribution is 4.86. The average molecular weight is 227 g/mol. The summed E-state index contributed by atoms with van der Waals surface area (Å²) in [5.74, 6) is 0. The number of hydrogen-bond donors (Lipinski definition) is 1. The zero-order valence-electron chi connectivity index (χ0n) is 10.5. The predicted molar refractivity (Wildman–Crippen MR) is 64.5 cm³/mol. The van der Waals surface area contributed by atoms with E-state index in [0.717, 1.165) is 39.0 Å². The molecule has 2 fully saturated rings. The molecule has 0 aromatic carbocycles. The van der Waals surface area contributed by atoms with Gasteiger partial charge in [-0.1, -0.05) is 12.8 Å². The van der Waals surface area contributed by atoms with Gasteiger partial charge in [-0.15, -0.1) is 0 Å². The first-order chi connectivity index (χ1) is 7.68. The molecule has 1 heterocycles. The lowest BCUT2D eigenvalue weighted by molar-refractivity contribution is 0.0116. The molecule has 0 aromatic heterocycles. The Bertz CT molecular complexity index is 208. The van der Waals surface area contributed by atoms with Crippen molar-refractivity contribution in [3.8, 4) is 0 Å². The predicted octanol–water partition coefficient (Wildman–Crippen LogP) is 1.79. The Morgan fingerprint density at radius 2 is 2.06 bits per heavy atom. The Hall–Kier alpha value is -0.120. The van der Waals surface area contributed by atoms with Gasteiger partial charge in [0.2, 0.25) is 0 Å². The molecule has 3 nitrogen and oxygen atoms in total. The van der Waals surface area contributed by atoms with Crippen LogP contribution in [-0.2, 0) is 4.74 Å². The summed E-state index contributed by atoms with van der Waals surface area (Å²) in [4.78, 5) is 2.27. The minimum atomic E-state index is -0.398. The molecule has 0 aromatic rings. The SMILES string of the molecule is CN(CCC1CCCO1)CC1(O)CCCC1. The Kier molecular flexibility index (Phi) is 4.22. The van der Waals surface area contributed by atoms with Crippen LogP contribution < -0.4 is 0 Å². The third-order valence-electron chi connectivity index (χ3n) is 3.96. The van der Waals surface area contributed by atoms with Gasteiger partial charge in [0, 0.05) is 19.7 Å². The number of rotatable bonds is 5. The van der Waals surface area contributed by atoms with Crippen molar-refractivity contribution in [2.45, 2.75) is 56.7 Å². The second-order valence-electron chi connectivity index (χ2n) is 5.59. The van der Waals surface area contributed by atoms with Crippen molar-refractivity contribution >= 4 is 0 Å². The van der Waals surface area contributed by atoms with Crippen molar-refractivity contribution in [1.82, 2.24) is 4.90 Å². The van der Waals surface area contributed by atoms with E-state index in [0.29, 0.717) is 6.10 Å². The van der Waals surface area contributed by atoms with Gasteiger partial charge in [0.05, 0.1) is 11.7 Å². The topological polar surface area (TPSA) is 32.7 Å². The van der Waals surface area contributed by atoms with Gasteiger partial charge in [-0.2, -0.15) is 0 Å². The smallest absolute Gasteiger partial charge is 0.0774 e. The van der Waals surface area contributed by atoms with Gasteiger partial charge < -0.3 is 14.7 Å². The van der Waals surface area contributed by atoms with E-state index in [1.165, 1.54) is 25.7 Å². The van der Waals surface area contributed by atoms with Crippen LogP contribution >= 0.6 is 0 Å². The van der Waals surface area contributed by atoms with Crippen LogP contribution in [0.2, 0.25) is 0 Å². The molecule has 16 heavy (non-hydrogen) atoms. The molecule has 1 atom stereocenters. The van der Waals surface area contributed by atoms with Crippen LogP contribution in [0.25, 0.3) is 0 Å². The molecule has 2 aliphatic rings. The second-order valence-corrected chi connectivity index (χ2v) is 5.59. The zero-order chi connectivity index (χ0) is 11.4. The second kappa shape index (κ2) is 5.48. The third-order valence-corrected chi connectivity index (χ3v) is 3.96. The average Bonchev–Trinajstić information content (AvgIpc) is 2.86. The number of aliphatic hydroxyl groups is 1. The van der Waals surface area contributed by atoms with Gasteiger partial charge in [-0.05, 0) is 39.2 Å². The van der Waals surface area contributed by atoms with Crippen molar-refractivity contribution in [3.63, 3.8) is 0 Å². The van der Waals surface area contributed by atoms with Gasteiger partial charge in [-0.3, -0.25) is 0 Å². The fourth-order valence-corrected chi connectivity index (χ4v) is 3.01. The van der Waals surface area contributed by atoms with Crippen LogP contribution in [0.3, 0.4) is 0 Å². The number of likely N-dealkylation sites (N-methyl/N-ethyl adjacent to an activating group) is 1. The molecule has 1 unspecified atom stereocenters. The molecule has 94 valence electrons. The van der Waals surface area contributed by atoms with Crippen LogP contribution in [0.4, 0.5) is 0 Å². The van der Waals surface area contributed by atoms with Crippen molar-refractivity contribution in [2.75, 3.05) is 26.7 Å². The quantitative estimate of drug-likeness (QED) is 0.777. The first kappa shape index (κ1) is 12.3. The molecule has 0 amide bonds. The van der Waals surface area contributed by atoms with E-state index < -0.39 is 5.60 Å². The molecule has 1 aliphatic carbocycles. The fraction of sp³-hybridized carbons (Fsp3) is 1.00. The lowest BCUT2D eigenvalue weighted by Crippen LogP contribution is -2.40. The molecule has 3 heteroatoms. The van der Waals surface area contributed by atoms with Crippen LogP contribution in [0.1, 0.15) is 44.9 Å². The summed E-state index contributed by atoms with van der Waals surface area (Å²) in [6, 6.07) is 0. The first-order valence-corrected chi connectivity index (χ1v) is 6.70. The zero-order valence-corrected chi connectivity index (χ0v) is 10.5. The van der Waals surface area contributed by atoms with E-state index in [2.05, 4.69) is 11.9 Å². The van der Waals surface area contributed by atoms with E-state index >= 15 is 0 Å². The largest absolute Gasteiger partial charge is 0.389 e. The molecule has 0 bridgehead atoms. The van der Waals surface area contributed by atoms with Crippen LogP contribution in [0.5, 0.6) is 0 Å². The number of ether oxygens (including phenoxy) is 1. The Labute approximate surface area is 98.8 Å². The normalized spacial score (nSPS) is 29.1. The first-order valence-electron chi connectivity index (χ1n) is 6.70. The molecule has 0 radical (unpaired) electrons. The molecule has 2 rings (SSSR count). The van der Waals surface area contributed by atoms with E-state index in [1.807, 2.05) is 0 Å². The standard InChI is InChI=1S/C13H25NO2/c1-14(9-6-12-5-4-10-16-12)11-13(15)7-2-3-8-13/h12,15H,2-11H2,1H3. The highest BCUT2D eigenvalue weighted by atomic mass is 16.5. The van der Waals surface area contributed by atoms with E-state index in [9.17, 15) is 5.11 Å². The van der Waals surface area contributed by atoms with E-state index in [4.69, 9.17) is 4.74 Å². The summed E-state index contributed by atoms with van der Waals surface area (Å²) in [6.07, 6.45) is 8.38. The summed E-state index contributed by atoms with van der Waals surface area (Å²) in [5.41, 5.74) is -0.398. The van der Waals surface area contributed by atoms with Gasteiger partial charge in [0.25, 0.3) is 0 Å². The maximum Gasteiger partial charge on any atom is 0.0774 e. The monoisotopic (exact) mass is 227 g/mol.